The van der Waals surface area contributed by atoms with E-state index in [1.54, 1.807) is 13.8 Å². The van der Waals surface area contributed by atoms with Gasteiger partial charge in [-0.2, -0.15) is 0 Å². The molecule has 15 heavy (non-hydrogen) atoms. The van der Waals surface area contributed by atoms with Crippen molar-refractivity contribution in [2.45, 2.75) is 13.8 Å². The summed E-state index contributed by atoms with van der Waals surface area (Å²) in [6, 6.07) is 0. The highest BCUT2D eigenvalue weighted by molar-refractivity contribution is 5.86. The fraction of sp³-hybridized carbons (Fsp3) is 0.556. The second kappa shape index (κ2) is 10.5. The molecule has 0 heterocycles. The van der Waals surface area contributed by atoms with Crippen LogP contribution in [0.2, 0.25) is 0 Å². The molecule has 0 bridgehead atoms. The molecule has 6 heteroatoms. The second-order valence-corrected chi connectivity index (χ2v) is 2.39. The van der Waals surface area contributed by atoms with Gasteiger partial charge in [0, 0.05) is 5.57 Å². The fourth-order valence-electron chi connectivity index (χ4n) is 0.404. The van der Waals surface area contributed by atoms with Crippen LogP contribution in [-0.4, -0.2) is 37.0 Å². The first-order chi connectivity index (χ1) is 6.95. The lowest BCUT2D eigenvalue weighted by atomic mass is 10.4. The first kappa shape index (κ1) is 15.9. The summed E-state index contributed by atoms with van der Waals surface area (Å²) in [6.07, 6.45) is -0.711. The maximum absolute atomic E-state index is 10.5. The lowest BCUT2D eigenvalue weighted by molar-refractivity contribution is -0.139. The summed E-state index contributed by atoms with van der Waals surface area (Å²) in [5.74, 6) is -0.455. The summed E-state index contributed by atoms with van der Waals surface area (Å²) in [5, 5.41) is 8.19. The molecule has 0 aliphatic carbocycles. The van der Waals surface area contributed by atoms with Crippen molar-refractivity contribution in [1.29, 1.82) is 0 Å². The summed E-state index contributed by atoms with van der Waals surface area (Å²) in [6.45, 7) is 6.87. The summed E-state index contributed by atoms with van der Waals surface area (Å²) in [5.41, 5.74) is 4.89. The van der Waals surface area contributed by atoms with E-state index in [0.717, 1.165) is 0 Å². The topological polar surface area (TPSA) is 98.8 Å². The van der Waals surface area contributed by atoms with E-state index in [2.05, 4.69) is 21.8 Å². The minimum absolute atomic E-state index is 0.0473. The van der Waals surface area contributed by atoms with Gasteiger partial charge in [0.2, 0.25) is 0 Å². The Labute approximate surface area is 88.7 Å². The summed E-state index contributed by atoms with van der Waals surface area (Å²) >= 11 is 0. The number of rotatable bonds is 4. The van der Waals surface area contributed by atoms with Gasteiger partial charge >= 0.3 is 12.1 Å². The first-order valence-electron chi connectivity index (χ1n) is 4.31. The predicted octanol–water partition coefficient (Wildman–Crippen LogP) is 0.200. The van der Waals surface area contributed by atoms with Gasteiger partial charge in [0.1, 0.15) is 6.61 Å². The van der Waals surface area contributed by atoms with Crippen molar-refractivity contribution in [3.8, 4) is 0 Å². The van der Waals surface area contributed by atoms with Crippen molar-refractivity contribution in [2.75, 3.05) is 19.8 Å². The Balaban J connectivity index is 0. The molecule has 88 valence electrons. The number of aliphatic hydroxyl groups is 1. The van der Waals surface area contributed by atoms with Crippen molar-refractivity contribution in [2.24, 2.45) is 5.73 Å². The van der Waals surface area contributed by atoms with Gasteiger partial charge in [0.15, 0.2) is 0 Å². The Hall–Kier alpha value is -1.56. The zero-order valence-electron chi connectivity index (χ0n) is 8.99. The maximum atomic E-state index is 10.5. The molecule has 0 saturated carbocycles. The van der Waals surface area contributed by atoms with Gasteiger partial charge in [-0.15, -0.1) is 0 Å². The Kier molecular flexibility index (Phi) is 11.1. The standard InChI is InChI=1S/C6H10O3.C3H7NO2/c1-5(2)6(8)9-4-3-7;1-2-6-3(4)5/h7H,1,3-4H2,2H3;2H2,1H3,(H2,4,5). The van der Waals surface area contributed by atoms with E-state index in [9.17, 15) is 9.59 Å². The zero-order chi connectivity index (χ0) is 12.3. The molecule has 0 aliphatic heterocycles. The molecule has 0 atom stereocenters. The summed E-state index contributed by atoms with van der Waals surface area (Å²) in [7, 11) is 0. The van der Waals surface area contributed by atoms with Crippen LogP contribution in [0.5, 0.6) is 0 Å². The molecule has 3 N–H and O–H groups in total. The monoisotopic (exact) mass is 219 g/mol. The van der Waals surface area contributed by atoms with E-state index >= 15 is 0 Å². The zero-order valence-corrected chi connectivity index (χ0v) is 8.99. The molecule has 0 aromatic rings. The van der Waals surface area contributed by atoms with E-state index in [1.807, 2.05) is 0 Å². The smallest absolute Gasteiger partial charge is 0.404 e. The van der Waals surface area contributed by atoms with Crippen molar-refractivity contribution >= 4 is 12.1 Å². The minimum atomic E-state index is -0.711. The molecule has 0 fully saturated rings. The Morgan fingerprint density at radius 2 is 1.93 bits per heavy atom. The SMILES string of the molecule is C=C(C)C(=O)OCCO.CCOC(N)=O. The molecule has 6 nitrogen and oxygen atoms in total. The van der Waals surface area contributed by atoms with E-state index < -0.39 is 12.1 Å². The molecule has 0 rings (SSSR count). The largest absolute Gasteiger partial charge is 0.460 e. The number of hydrogen-bond acceptors (Lipinski definition) is 5. The minimum Gasteiger partial charge on any atom is -0.460 e. The fourth-order valence-corrected chi connectivity index (χ4v) is 0.404. The van der Waals surface area contributed by atoms with E-state index in [-0.39, 0.29) is 13.2 Å². The average molecular weight is 219 g/mol. The highest BCUT2D eigenvalue weighted by atomic mass is 16.5. The third-order valence-electron chi connectivity index (χ3n) is 0.960. The lowest BCUT2D eigenvalue weighted by Gasteiger charge is -1.99. The van der Waals surface area contributed by atoms with Crippen molar-refractivity contribution < 1.29 is 24.2 Å². The molecule has 0 spiro atoms. The number of nitrogens with two attached hydrogens (primary N) is 1. The highest BCUT2D eigenvalue weighted by Gasteiger charge is 1.99. The predicted molar refractivity (Wildman–Crippen MR) is 54.1 cm³/mol. The van der Waals surface area contributed by atoms with Crippen LogP contribution >= 0.6 is 0 Å². The van der Waals surface area contributed by atoms with Gasteiger partial charge in [-0.3, -0.25) is 0 Å². The van der Waals surface area contributed by atoms with E-state index in [4.69, 9.17) is 5.11 Å². The normalized spacial score (nSPS) is 8.20. The molecule has 0 aromatic heterocycles. The van der Waals surface area contributed by atoms with Crippen LogP contribution in [0.15, 0.2) is 12.2 Å². The van der Waals surface area contributed by atoms with Crippen LogP contribution in [0, 0.1) is 0 Å². The van der Waals surface area contributed by atoms with Crippen LogP contribution < -0.4 is 5.73 Å². The van der Waals surface area contributed by atoms with Crippen LogP contribution in [0.3, 0.4) is 0 Å². The van der Waals surface area contributed by atoms with Gasteiger partial charge in [0.05, 0.1) is 13.2 Å². The summed E-state index contributed by atoms with van der Waals surface area (Å²) in [4.78, 5) is 20.1. The number of carbonyl (C=O) groups excluding carboxylic acids is 2. The maximum Gasteiger partial charge on any atom is 0.404 e. The van der Waals surface area contributed by atoms with Crippen LogP contribution in [0.25, 0.3) is 0 Å². The molecule has 0 saturated heterocycles. The highest BCUT2D eigenvalue weighted by Crippen LogP contribution is 1.89. The number of amides is 1. The quantitative estimate of drug-likeness (QED) is 0.519. The van der Waals surface area contributed by atoms with Gasteiger partial charge in [0.25, 0.3) is 0 Å². The molecule has 1 amide bonds. The van der Waals surface area contributed by atoms with Gasteiger partial charge in [-0.05, 0) is 13.8 Å². The average Bonchev–Trinajstić information content (AvgIpc) is 2.14. The van der Waals surface area contributed by atoms with Crippen LogP contribution in [0.4, 0.5) is 4.79 Å². The van der Waals surface area contributed by atoms with E-state index in [0.29, 0.717) is 12.2 Å². The van der Waals surface area contributed by atoms with E-state index in [1.165, 1.54) is 0 Å². The van der Waals surface area contributed by atoms with Gasteiger partial charge < -0.3 is 20.3 Å². The van der Waals surface area contributed by atoms with Crippen molar-refractivity contribution in [1.82, 2.24) is 0 Å². The molecular weight excluding hydrogens is 202 g/mol. The summed E-state index contributed by atoms with van der Waals surface area (Å²) < 4.78 is 8.64. The lowest BCUT2D eigenvalue weighted by Crippen LogP contribution is -2.11. The van der Waals surface area contributed by atoms with Gasteiger partial charge in [-0.25, -0.2) is 9.59 Å². The molecule has 0 radical (unpaired) electrons. The first-order valence-corrected chi connectivity index (χ1v) is 4.31. The Morgan fingerprint density at radius 3 is 2.13 bits per heavy atom. The number of primary amides is 1. The number of ether oxygens (including phenoxy) is 2. The molecule has 0 aliphatic rings. The number of hydrogen-bond donors (Lipinski definition) is 2. The number of esters is 1. The van der Waals surface area contributed by atoms with Crippen LogP contribution in [0.1, 0.15) is 13.8 Å². The molecular formula is C9H17NO5. The molecule has 0 aromatic carbocycles. The van der Waals surface area contributed by atoms with Gasteiger partial charge in [-0.1, -0.05) is 6.58 Å². The Morgan fingerprint density at radius 1 is 1.40 bits per heavy atom. The number of carbonyl (C=O) groups is 2. The number of aliphatic hydroxyl groups excluding tert-OH is 1. The Bertz CT molecular complexity index is 215. The molecule has 0 unspecified atom stereocenters. The third kappa shape index (κ3) is 15.2. The van der Waals surface area contributed by atoms with Crippen molar-refractivity contribution in [3.05, 3.63) is 12.2 Å². The van der Waals surface area contributed by atoms with Crippen molar-refractivity contribution in [3.63, 3.8) is 0 Å². The second-order valence-electron chi connectivity index (χ2n) is 2.39. The van der Waals surface area contributed by atoms with Crippen LogP contribution in [-0.2, 0) is 14.3 Å². The third-order valence-corrected chi connectivity index (χ3v) is 0.960.